The highest BCUT2D eigenvalue weighted by Gasteiger charge is 2.31. The molecule has 18 heavy (non-hydrogen) atoms. The summed E-state index contributed by atoms with van der Waals surface area (Å²) in [6.45, 7) is -0.0484. The summed E-state index contributed by atoms with van der Waals surface area (Å²) in [6, 6.07) is 2.87. The fraction of sp³-hybridized carbons (Fsp3) is 0.250. The Labute approximate surface area is 102 Å². The van der Waals surface area contributed by atoms with E-state index in [0.717, 1.165) is 18.2 Å². The molecule has 1 atom stereocenters. The minimum Gasteiger partial charge on any atom is -0.480 e. The molecule has 0 aromatic heterocycles. The number of aliphatic carboxylic acids is 1. The predicted octanol–water partition coefficient (Wildman–Crippen LogP) is 2.05. The molecule has 96 valence electrons. The molecule has 0 spiro atoms. The monoisotopic (exact) mass is 257 g/mol. The van der Waals surface area contributed by atoms with Gasteiger partial charge in [0.25, 0.3) is 0 Å². The largest absolute Gasteiger partial charge is 0.480 e. The molecule has 0 fully saturated rings. The summed E-state index contributed by atoms with van der Waals surface area (Å²) in [5.74, 6) is 0.884. The van der Waals surface area contributed by atoms with E-state index in [1.54, 1.807) is 0 Å². The van der Waals surface area contributed by atoms with E-state index in [4.69, 9.17) is 11.5 Å². The summed E-state index contributed by atoms with van der Waals surface area (Å²) < 4.78 is 37.5. The van der Waals surface area contributed by atoms with Crippen molar-refractivity contribution in [2.75, 3.05) is 6.54 Å². The van der Waals surface area contributed by atoms with E-state index in [0.29, 0.717) is 0 Å². The molecule has 1 unspecified atom stereocenters. The predicted molar refractivity (Wildman–Crippen MR) is 58.7 cm³/mol. The Morgan fingerprint density at radius 2 is 2.17 bits per heavy atom. The number of halogens is 3. The molecule has 0 bridgehead atoms. The Kier molecular flexibility index (Phi) is 4.34. The number of carbonyl (C=O) groups is 1. The minimum absolute atomic E-state index is 0.00701. The molecule has 0 radical (unpaired) electrons. The molecule has 0 aliphatic rings. The van der Waals surface area contributed by atoms with Crippen LogP contribution < -0.4 is 5.32 Å². The van der Waals surface area contributed by atoms with E-state index in [1.165, 1.54) is 6.07 Å². The number of rotatable bonds is 4. The van der Waals surface area contributed by atoms with Gasteiger partial charge < -0.3 is 5.11 Å². The van der Waals surface area contributed by atoms with Crippen molar-refractivity contribution in [2.24, 2.45) is 0 Å². The van der Waals surface area contributed by atoms with Gasteiger partial charge in [-0.3, -0.25) is 10.1 Å². The van der Waals surface area contributed by atoms with Gasteiger partial charge in [0.15, 0.2) is 0 Å². The SMILES string of the molecule is C#CCNC(C(=O)O)c1cccc(C(F)(F)F)c1. The van der Waals surface area contributed by atoms with Crippen molar-refractivity contribution < 1.29 is 23.1 Å². The Morgan fingerprint density at radius 3 is 2.67 bits per heavy atom. The fourth-order valence-electron chi connectivity index (χ4n) is 1.40. The second-order valence-electron chi connectivity index (χ2n) is 3.48. The molecule has 0 saturated carbocycles. The quantitative estimate of drug-likeness (QED) is 0.812. The summed E-state index contributed by atoms with van der Waals surface area (Å²) >= 11 is 0. The maximum atomic E-state index is 12.5. The Bertz CT molecular complexity index is 477. The lowest BCUT2D eigenvalue weighted by Gasteiger charge is -2.15. The van der Waals surface area contributed by atoms with Crippen molar-refractivity contribution in [3.63, 3.8) is 0 Å². The van der Waals surface area contributed by atoms with Gasteiger partial charge in [-0.25, -0.2) is 0 Å². The van der Waals surface area contributed by atoms with Crippen molar-refractivity contribution in [1.29, 1.82) is 0 Å². The minimum atomic E-state index is -4.51. The zero-order valence-electron chi connectivity index (χ0n) is 9.16. The Balaban J connectivity index is 3.06. The van der Waals surface area contributed by atoms with Crippen molar-refractivity contribution in [1.82, 2.24) is 5.32 Å². The van der Waals surface area contributed by atoms with E-state index < -0.39 is 23.8 Å². The third-order valence-corrected chi connectivity index (χ3v) is 2.20. The zero-order chi connectivity index (χ0) is 13.8. The number of carboxylic acids is 1. The molecule has 1 rings (SSSR count). The van der Waals surface area contributed by atoms with E-state index in [2.05, 4.69) is 11.2 Å². The highest BCUT2D eigenvalue weighted by atomic mass is 19.4. The maximum Gasteiger partial charge on any atom is 0.416 e. The summed E-state index contributed by atoms with van der Waals surface area (Å²) in [6.07, 6.45) is 0.460. The van der Waals surface area contributed by atoms with Crippen molar-refractivity contribution in [3.05, 3.63) is 35.4 Å². The van der Waals surface area contributed by atoms with Crippen LogP contribution in [0, 0.1) is 12.3 Å². The molecule has 1 aromatic rings. The molecule has 0 aliphatic carbocycles. The smallest absolute Gasteiger partial charge is 0.416 e. The van der Waals surface area contributed by atoms with Crippen LogP contribution in [0.1, 0.15) is 17.2 Å². The molecule has 3 nitrogen and oxygen atoms in total. The summed E-state index contributed by atoms with van der Waals surface area (Å²) in [4.78, 5) is 11.0. The molecular formula is C12H10F3NO2. The zero-order valence-corrected chi connectivity index (χ0v) is 9.16. The second kappa shape index (κ2) is 5.56. The number of alkyl halides is 3. The number of hydrogen-bond acceptors (Lipinski definition) is 2. The lowest BCUT2D eigenvalue weighted by atomic mass is 10.0. The molecule has 0 saturated heterocycles. The topological polar surface area (TPSA) is 49.3 Å². The molecule has 0 aliphatic heterocycles. The summed E-state index contributed by atoms with van der Waals surface area (Å²) in [7, 11) is 0. The Morgan fingerprint density at radius 1 is 1.50 bits per heavy atom. The van der Waals surface area contributed by atoms with E-state index in [9.17, 15) is 18.0 Å². The van der Waals surface area contributed by atoms with E-state index >= 15 is 0 Å². The van der Waals surface area contributed by atoms with Crippen LogP contribution >= 0.6 is 0 Å². The van der Waals surface area contributed by atoms with Crippen molar-refractivity contribution in [2.45, 2.75) is 12.2 Å². The average molecular weight is 257 g/mol. The van der Waals surface area contributed by atoms with E-state index in [-0.39, 0.29) is 12.1 Å². The van der Waals surface area contributed by atoms with Crippen LogP contribution in [-0.2, 0) is 11.0 Å². The Hall–Kier alpha value is -2.00. The highest BCUT2D eigenvalue weighted by molar-refractivity contribution is 5.75. The standard InChI is InChI=1S/C12H10F3NO2/c1-2-6-16-10(11(17)18)8-4-3-5-9(7-8)12(13,14)15/h1,3-5,7,10,16H,6H2,(H,17,18). The van der Waals surface area contributed by atoms with Gasteiger partial charge in [-0.1, -0.05) is 18.1 Å². The van der Waals surface area contributed by atoms with Gasteiger partial charge in [0.05, 0.1) is 12.1 Å². The van der Waals surface area contributed by atoms with Crippen LogP contribution in [0.3, 0.4) is 0 Å². The van der Waals surface area contributed by atoms with Crippen LogP contribution in [0.15, 0.2) is 24.3 Å². The first-order valence-electron chi connectivity index (χ1n) is 4.93. The maximum absolute atomic E-state index is 12.5. The third-order valence-electron chi connectivity index (χ3n) is 2.20. The lowest BCUT2D eigenvalue weighted by molar-refractivity contribution is -0.140. The lowest BCUT2D eigenvalue weighted by Crippen LogP contribution is -2.29. The summed E-state index contributed by atoms with van der Waals surface area (Å²) in [5.41, 5.74) is -0.888. The van der Waals surface area contributed by atoms with Crippen LogP contribution in [0.5, 0.6) is 0 Å². The molecular weight excluding hydrogens is 247 g/mol. The van der Waals surface area contributed by atoms with Crippen LogP contribution in [0.4, 0.5) is 13.2 Å². The number of nitrogens with one attached hydrogen (secondary N) is 1. The fourth-order valence-corrected chi connectivity index (χ4v) is 1.40. The second-order valence-corrected chi connectivity index (χ2v) is 3.48. The van der Waals surface area contributed by atoms with Crippen molar-refractivity contribution >= 4 is 5.97 Å². The molecule has 1 aromatic carbocycles. The number of carboxylic acid groups (broad SMARTS) is 1. The molecule has 2 N–H and O–H groups in total. The highest BCUT2D eigenvalue weighted by Crippen LogP contribution is 2.30. The van der Waals surface area contributed by atoms with Gasteiger partial charge in [0, 0.05) is 0 Å². The van der Waals surface area contributed by atoms with Crippen LogP contribution in [-0.4, -0.2) is 17.6 Å². The van der Waals surface area contributed by atoms with Gasteiger partial charge in [-0.2, -0.15) is 13.2 Å². The average Bonchev–Trinajstić information content (AvgIpc) is 2.28. The first kappa shape index (κ1) is 14.1. The van der Waals surface area contributed by atoms with Crippen LogP contribution in [0.2, 0.25) is 0 Å². The van der Waals surface area contributed by atoms with Gasteiger partial charge in [-0.05, 0) is 17.7 Å². The van der Waals surface area contributed by atoms with Gasteiger partial charge in [0.1, 0.15) is 6.04 Å². The number of hydrogen-bond donors (Lipinski definition) is 2. The number of benzene rings is 1. The molecule has 0 heterocycles. The van der Waals surface area contributed by atoms with Crippen LogP contribution in [0.25, 0.3) is 0 Å². The van der Waals surface area contributed by atoms with Gasteiger partial charge in [-0.15, -0.1) is 6.42 Å². The van der Waals surface area contributed by atoms with E-state index in [1.807, 2.05) is 0 Å². The van der Waals surface area contributed by atoms with Gasteiger partial charge in [0.2, 0.25) is 0 Å². The van der Waals surface area contributed by atoms with Gasteiger partial charge >= 0.3 is 12.1 Å². The molecule has 0 amide bonds. The third kappa shape index (κ3) is 3.50. The normalized spacial score (nSPS) is 12.8. The number of terminal acetylenes is 1. The first-order valence-corrected chi connectivity index (χ1v) is 4.93. The first-order chi connectivity index (χ1) is 8.36. The summed E-state index contributed by atoms with van der Waals surface area (Å²) in [5, 5.41) is 11.4. The molecule has 6 heteroatoms. The van der Waals surface area contributed by atoms with Crippen molar-refractivity contribution in [3.8, 4) is 12.3 Å².